The van der Waals surface area contributed by atoms with E-state index in [-0.39, 0.29) is 11.3 Å². The predicted molar refractivity (Wildman–Crippen MR) is 111 cm³/mol. The standard InChI is InChI=1S/C22H17N3O2S/c23-14-16(15-24-17-7-6-8-18(26)13-17)22(27)25-20-11-4-5-12-21(20)28-19-9-2-1-3-10-19/h1-13,15,24,26H,(H,25,27)/b16-15-. The van der Waals surface area contributed by atoms with Crippen LogP contribution in [0, 0.1) is 11.3 Å². The highest BCUT2D eigenvalue weighted by Gasteiger charge is 2.12. The first-order chi connectivity index (χ1) is 13.7. The molecule has 0 heterocycles. The van der Waals surface area contributed by atoms with Gasteiger partial charge in [0.2, 0.25) is 0 Å². The van der Waals surface area contributed by atoms with E-state index in [4.69, 9.17) is 0 Å². The summed E-state index contributed by atoms with van der Waals surface area (Å²) in [7, 11) is 0. The Hall–Kier alpha value is -3.69. The minimum absolute atomic E-state index is 0.0807. The Labute approximate surface area is 167 Å². The molecule has 0 unspecified atom stereocenters. The van der Waals surface area contributed by atoms with E-state index < -0.39 is 5.91 Å². The number of benzene rings is 3. The second kappa shape index (κ2) is 9.31. The van der Waals surface area contributed by atoms with Gasteiger partial charge in [0.25, 0.3) is 5.91 Å². The van der Waals surface area contributed by atoms with Crippen LogP contribution in [-0.2, 0) is 4.79 Å². The zero-order valence-electron chi connectivity index (χ0n) is 14.8. The summed E-state index contributed by atoms with van der Waals surface area (Å²) in [5.41, 5.74) is 1.11. The smallest absolute Gasteiger partial charge is 0.267 e. The minimum atomic E-state index is -0.517. The molecule has 0 saturated heterocycles. The fraction of sp³-hybridized carbons (Fsp3) is 0. The Morgan fingerprint density at radius 1 is 1.00 bits per heavy atom. The van der Waals surface area contributed by atoms with Gasteiger partial charge in [-0.15, -0.1) is 0 Å². The number of amides is 1. The zero-order chi connectivity index (χ0) is 19.8. The summed E-state index contributed by atoms with van der Waals surface area (Å²) < 4.78 is 0. The summed E-state index contributed by atoms with van der Waals surface area (Å²) in [6.07, 6.45) is 1.32. The molecule has 0 radical (unpaired) electrons. The molecule has 3 N–H and O–H groups in total. The van der Waals surface area contributed by atoms with Crippen molar-refractivity contribution in [2.75, 3.05) is 10.6 Å². The van der Waals surface area contributed by atoms with Gasteiger partial charge in [0.15, 0.2) is 0 Å². The van der Waals surface area contributed by atoms with Gasteiger partial charge in [-0.2, -0.15) is 5.26 Å². The summed E-state index contributed by atoms with van der Waals surface area (Å²) in [5, 5.41) is 24.5. The molecule has 6 heteroatoms. The molecule has 0 aliphatic rings. The molecule has 28 heavy (non-hydrogen) atoms. The van der Waals surface area contributed by atoms with Crippen molar-refractivity contribution in [3.8, 4) is 11.8 Å². The Balaban J connectivity index is 1.74. The van der Waals surface area contributed by atoms with E-state index in [9.17, 15) is 15.2 Å². The van der Waals surface area contributed by atoms with Gasteiger partial charge in [-0.05, 0) is 36.4 Å². The SMILES string of the molecule is N#C/C(=C/Nc1cccc(O)c1)C(=O)Nc1ccccc1Sc1ccccc1. The summed E-state index contributed by atoms with van der Waals surface area (Å²) >= 11 is 1.53. The average molecular weight is 387 g/mol. The third-order valence-corrected chi connectivity index (χ3v) is 4.78. The number of nitrogens with zero attached hydrogens (tertiary/aromatic N) is 1. The fourth-order valence-electron chi connectivity index (χ4n) is 2.36. The normalized spacial score (nSPS) is 10.8. The molecule has 1 amide bonds. The van der Waals surface area contributed by atoms with Gasteiger partial charge in [-0.3, -0.25) is 4.79 Å². The number of hydrogen-bond acceptors (Lipinski definition) is 5. The van der Waals surface area contributed by atoms with Gasteiger partial charge in [0.1, 0.15) is 17.4 Å². The van der Waals surface area contributed by atoms with Crippen molar-refractivity contribution < 1.29 is 9.90 Å². The maximum absolute atomic E-state index is 12.5. The van der Waals surface area contributed by atoms with Crippen LogP contribution in [0.25, 0.3) is 0 Å². The van der Waals surface area contributed by atoms with Crippen molar-refractivity contribution in [2.24, 2.45) is 0 Å². The van der Waals surface area contributed by atoms with Gasteiger partial charge in [0, 0.05) is 27.7 Å². The van der Waals surface area contributed by atoms with Crippen LogP contribution in [0.15, 0.2) is 100 Å². The second-order valence-corrected chi connectivity index (χ2v) is 6.85. The lowest BCUT2D eigenvalue weighted by Gasteiger charge is -2.10. The second-order valence-electron chi connectivity index (χ2n) is 5.73. The van der Waals surface area contributed by atoms with Crippen LogP contribution in [0.3, 0.4) is 0 Å². The lowest BCUT2D eigenvalue weighted by atomic mass is 10.2. The van der Waals surface area contributed by atoms with Crippen molar-refractivity contribution in [3.63, 3.8) is 0 Å². The molecule has 3 aromatic rings. The quantitative estimate of drug-likeness (QED) is 0.409. The highest BCUT2D eigenvalue weighted by Crippen LogP contribution is 2.33. The van der Waals surface area contributed by atoms with Crippen molar-refractivity contribution in [3.05, 3.63) is 90.6 Å². The number of hydrogen-bond donors (Lipinski definition) is 3. The molecule has 3 rings (SSSR count). The number of aromatic hydroxyl groups is 1. The molecule has 0 saturated carbocycles. The number of nitrogens with one attached hydrogen (secondary N) is 2. The molecular formula is C22H17N3O2S. The van der Waals surface area contributed by atoms with Crippen LogP contribution < -0.4 is 10.6 Å². The van der Waals surface area contributed by atoms with Crippen molar-refractivity contribution in [1.82, 2.24) is 0 Å². The minimum Gasteiger partial charge on any atom is -0.508 e. The number of nitriles is 1. The summed E-state index contributed by atoms with van der Waals surface area (Å²) in [5.74, 6) is -0.426. The van der Waals surface area contributed by atoms with Crippen molar-refractivity contribution in [2.45, 2.75) is 9.79 Å². The van der Waals surface area contributed by atoms with Gasteiger partial charge in [-0.25, -0.2) is 0 Å². The Kier molecular flexibility index (Phi) is 6.34. The van der Waals surface area contributed by atoms with Gasteiger partial charge >= 0.3 is 0 Å². The molecule has 0 spiro atoms. The van der Waals surface area contributed by atoms with E-state index in [2.05, 4.69) is 10.6 Å². The number of rotatable bonds is 6. The summed E-state index contributed by atoms with van der Waals surface area (Å²) in [6, 6.07) is 25.6. The molecule has 0 bridgehead atoms. The Morgan fingerprint density at radius 3 is 2.50 bits per heavy atom. The molecule has 3 aromatic carbocycles. The van der Waals surface area contributed by atoms with Crippen LogP contribution in [0.1, 0.15) is 0 Å². The predicted octanol–water partition coefficient (Wildman–Crippen LogP) is 5.00. The molecule has 5 nitrogen and oxygen atoms in total. The Morgan fingerprint density at radius 2 is 1.75 bits per heavy atom. The van der Waals surface area contributed by atoms with Crippen LogP contribution >= 0.6 is 11.8 Å². The van der Waals surface area contributed by atoms with E-state index in [1.54, 1.807) is 18.2 Å². The van der Waals surface area contributed by atoms with Gasteiger partial charge < -0.3 is 15.7 Å². The molecular weight excluding hydrogens is 370 g/mol. The van der Waals surface area contributed by atoms with Crippen LogP contribution in [0.4, 0.5) is 11.4 Å². The van der Waals surface area contributed by atoms with E-state index >= 15 is 0 Å². The molecule has 138 valence electrons. The number of carbonyl (C=O) groups is 1. The van der Waals surface area contributed by atoms with Gasteiger partial charge in [-0.1, -0.05) is 48.2 Å². The molecule has 0 fully saturated rings. The third-order valence-electron chi connectivity index (χ3n) is 3.70. The van der Waals surface area contributed by atoms with Crippen LogP contribution in [0.2, 0.25) is 0 Å². The Bertz CT molecular complexity index is 1040. The van der Waals surface area contributed by atoms with E-state index in [0.717, 1.165) is 9.79 Å². The van der Waals surface area contributed by atoms with E-state index in [0.29, 0.717) is 11.4 Å². The molecule has 0 aliphatic carbocycles. The number of phenols is 1. The largest absolute Gasteiger partial charge is 0.508 e. The lowest BCUT2D eigenvalue weighted by molar-refractivity contribution is -0.112. The molecule has 0 atom stereocenters. The molecule has 0 aromatic heterocycles. The summed E-state index contributed by atoms with van der Waals surface area (Å²) in [4.78, 5) is 14.5. The van der Waals surface area contributed by atoms with Crippen molar-refractivity contribution in [1.29, 1.82) is 5.26 Å². The van der Waals surface area contributed by atoms with E-state index in [1.165, 1.54) is 30.1 Å². The first-order valence-corrected chi connectivity index (χ1v) is 9.26. The molecule has 0 aliphatic heterocycles. The van der Waals surface area contributed by atoms with E-state index in [1.807, 2.05) is 54.6 Å². The average Bonchev–Trinajstić information content (AvgIpc) is 2.71. The first-order valence-electron chi connectivity index (χ1n) is 8.45. The lowest BCUT2D eigenvalue weighted by Crippen LogP contribution is -2.15. The number of anilines is 2. The third kappa shape index (κ3) is 5.16. The van der Waals surface area contributed by atoms with Crippen molar-refractivity contribution >= 4 is 29.0 Å². The first kappa shape index (κ1) is 19.1. The monoisotopic (exact) mass is 387 g/mol. The number of carbonyl (C=O) groups excluding carboxylic acids is 1. The maximum Gasteiger partial charge on any atom is 0.267 e. The van der Waals surface area contributed by atoms with Crippen LogP contribution in [-0.4, -0.2) is 11.0 Å². The van der Waals surface area contributed by atoms with Gasteiger partial charge in [0.05, 0.1) is 5.69 Å². The number of para-hydroxylation sites is 1. The highest BCUT2D eigenvalue weighted by molar-refractivity contribution is 7.99. The number of phenolic OH excluding ortho intramolecular Hbond substituents is 1. The fourth-order valence-corrected chi connectivity index (χ4v) is 3.29. The topological polar surface area (TPSA) is 85.2 Å². The highest BCUT2D eigenvalue weighted by atomic mass is 32.2. The zero-order valence-corrected chi connectivity index (χ0v) is 15.6. The summed E-state index contributed by atoms with van der Waals surface area (Å²) in [6.45, 7) is 0. The van der Waals surface area contributed by atoms with Crippen LogP contribution in [0.5, 0.6) is 5.75 Å². The maximum atomic E-state index is 12.5.